The summed E-state index contributed by atoms with van der Waals surface area (Å²) in [6, 6.07) is 5.33. The Balaban J connectivity index is 2.77. The molecule has 0 spiro atoms. The van der Waals surface area contributed by atoms with Gasteiger partial charge in [-0.05, 0) is 66.1 Å². The van der Waals surface area contributed by atoms with Crippen LogP contribution in [0.1, 0.15) is 37.8 Å². The van der Waals surface area contributed by atoms with Gasteiger partial charge in [-0.15, -0.1) is 6.58 Å². The van der Waals surface area contributed by atoms with Crippen LogP contribution in [0.2, 0.25) is 0 Å². The molecule has 3 heteroatoms. The maximum atomic E-state index is 13.1. The van der Waals surface area contributed by atoms with Gasteiger partial charge in [0.15, 0.2) is 0 Å². The maximum absolute atomic E-state index is 13.1. The van der Waals surface area contributed by atoms with Gasteiger partial charge in [0.2, 0.25) is 0 Å². The second-order valence-corrected chi connectivity index (χ2v) is 5.16. The third-order valence-corrected chi connectivity index (χ3v) is 3.62. The van der Waals surface area contributed by atoms with Crippen LogP contribution in [0.15, 0.2) is 30.9 Å². The predicted octanol–water partition coefficient (Wildman–Crippen LogP) is 4.44. The van der Waals surface area contributed by atoms with Crippen molar-refractivity contribution in [1.29, 1.82) is 0 Å². The summed E-state index contributed by atoms with van der Waals surface area (Å²) in [5, 5.41) is 3.46. The van der Waals surface area contributed by atoms with Crippen LogP contribution in [0.3, 0.4) is 0 Å². The first-order valence-corrected chi connectivity index (χ1v) is 7.06. The van der Waals surface area contributed by atoms with Crippen LogP contribution < -0.4 is 5.32 Å². The van der Waals surface area contributed by atoms with Crippen molar-refractivity contribution in [2.24, 2.45) is 0 Å². The molecule has 0 fully saturated rings. The SMILES string of the molecule is C=CCCCC(NCC)c1ccc(F)cc1I. The molecule has 0 aliphatic rings. The predicted molar refractivity (Wildman–Crippen MR) is 79.6 cm³/mol. The van der Waals surface area contributed by atoms with Crippen LogP contribution in [0.25, 0.3) is 0 Å². The van der Waals surface area contributed by atoms with Crippen molar-refractivity contribution >= 4 is 22.6 Å². The summed E-state index contributed by atoms with van der Waals surface area (Å²) in [7, 11) is 0. The fourth-order valence-corrected chi connectivity index (χ4v) is 2.72. The Morgan fingerprint density at radius 2 is 2.29 bits per heavy atom. The molecule has 0 aliphatic carbocycles. The van der Waals surface area contributed by atoms with E-state index in [-0.39, 0.29) is 5.82 Å². The summed E-state index contributed by atoms with van der Waals surface area (Å²) in [5.41, 5.74) is 1.19. The lowest BCUT2D eigenvalue weighted by Gasteiger charge is -2.19. The van der Waals surface area contributed by atoms with Crippen molar-refractivity contribution in [2.45, 2.75) is 32.2 Å². The van der Waals surface area contributed by atoms with Crippen LogP contribution in [0, 0.1) is 9.39 Å². The third-order valence-electron chi connectivity index (χ3n) is 2.69. The zero-order chi connectivity index (χ0) is 12.7. The molecule has 0 heterocycles. The van der Waals surface area contributed by atoms with Gasteiger partial charge in [0.25, 0.3) is 0 Å². The first kappa shape index (κ1) is 14.6. The molecular formula is C14H19FIN. The van der Waals surface area contributed by atoms with Crippen molar-refractivity contribution in [3.63, 3.8) is 0 Å². The first-order valence-electron chi connectivity index (χ1n) is 5.98. The molecule has 0 radical (unpaired) electrons. The Morgan fingerprint density at radius 1 is 1.53 bits per heavy atom. The van der Waals surface area contributed by atoms with Crippen molar-refractivity contribution in [1.82, 2.24) is 5.32 Å². The van der Waals surface area contributed by atoms with Gasteiger partial charge < -0.3 is 5.32 Å². The van der Waals surface area contributed by atoms with Crippen molar-refractivity contribution in [3.8, 4) is 0 Å². The number of benzene rings is 1. The normalized spacial score (nSPS) is 12.4. The number of halogens is 2. The minimum atomic E-state index is -0.167. The van der Waals surface area contributed by atoms with E-state index in [0.717, 1.165) is 29.4 Å². The molecule has 1 nitrogen and oxygen atoms in total. The quantitative estimate of drug-likeness (QED) is 0.437. The van der Waals surface area contributed by atoms with Gasteiger partial charge in [0.1, 0.15) is 5.82 Å². The highest BCUT2D eigenvalue weighted by molar-refractivity contribution is 14.1. The van der Waals surface area contributed by atoms with Gasteiger partial charge in [0.05, 0.1) is 0 Å². The zero-order valence-electron chi connectivity index (χ0n) is 10.2. The second-order valence-electron chi connectivity index (χ2n) is 4.00. The largest absolute Gasteiger partial charge is 0.310 e. The lowest BCUT2D eigenvalue weighted by molar-refractivity contribution is 0.497. The van der Waals surface area contributed by atoms with E-state index in [1.54, 1.807) is 6.07 Å². The average molecular weight is 347 g/mol. The molecule has 1 aromatic rings. The summed E-state index contributed by atoms with van der Waals surface area (Å²) in [4.78, 5) is 0. The van der Waals surface area contributed by atoms with E-state index in [1.807, 2.05) is 12.1 Å². The molecule has 0 bridgehead atoms. The van der Waals surface area contributed by atoms with Crippen molar-refractivity contribution in [3.05, 3.63) is 45.8 Å². The molecule has 1 N–H and O–H groups in total. The zero-order valence-corrected chi connectivity index (χ0v) is 12.3. The van der Waals surface area contributed by atoms with Gasteiger partial charge in [-0.3, -0.25) is 0 Å². The van der Waals surface area contributed by atoms with Gasteiger partial charge in [-0.25, -0.2) is 4.39 Å². The molecule has 0 aliphatic heterocycles. The van der Waals surface area contributed by atoms with Crippen molar-refractivity contribution < 1.29 is 4.39 Å². The molecule has 94 valence electrons. The van der Waals surface area contributed by atoms with Crippen LogP contribution >= 0.6 is 22.6 Å². The van der Waals surface area contributed by atoms with Gasteiger partial charge in [-0.1, -0.05) is 19.1 Å². The van der Waals surface area contributed by atoms with E-state index in [1.165, 1.54) is 11.6 Å². The lowest BCUT2D eigenvalue weighted by atomic mass is 10.0. The third kappa shape index (κ3) is 4.76. The Kier molecular flexibility index (Phi) is 6.73. The molecule has 0 saturated heterocycles. The fourth-order valence-electron chi connectivity index (χ4n) is 1.86. The Hall–Kier alpha value is -0.420. The van der Waals surface area contributed by atoms with Gasteiger partial charge in [-0.2, -0.15) is 0 Å². The number of hydrogen-bond donors (Lipinski definition) is 1. The Labute approximate surface area is 117 Å². The molecular weight excluding hydrogens is 328 g/mol. The molecule has 1 unspecified atom stereocenters. The molecule has 0 saturated carbocycles. The number of nitrogens with one attached hydrogen (secondary N) is 1. The molecule has 17 heavy (non-hydrogen) atoms. The van der Waals surface area contributed by atoms with Crippen LogP contribution in [-0.4, -0.2) is 6.54 Å². The summed E-state index contributed by atoms with van der Waals surface area (Å²) in [6.07, 6.45) is 5.13. The summed E-state index contributed by atoms with van der Waals surface area (Å²) in [6.45, 7) is 6.75. The van der Waals surface area contributed by atoms with E-state index in [0.29, 0.717) is 6.04 Å². The van der Waals surface area contributed by atoms with E-state index in [4.69, 9.17) is 0 Å². The lowest BCUT2D eigenvalue weighted by Crippen LogP contribution is -2.21. The number of allylic oxidation sites excluding steroid dienone is 1. The first-order chi connectivity index (χ1) is 8.19. The minimum Gasteiger partial charge on any atom is -0.310 e. The number of hydrogen-bond acceptors (Lipinski definition) is 1. The second kappa shape index (κ2) is 7.82. The highest BCUT2D eigenvalue weighted by Gasteiger charge is 2.13. The maximum Gasteiger partial charge on any atom is 0.124 e. The molecule has 1 aromatic carbocycles. The smallest absolute Gasteiger partial charge is 0.124 e. The van der Waals surface area contributed by atoms with E-state index < -0.39 is 0 Å². The average Bonchev–Trinajstić information content (AvgIpc) is 2.28. The molecule has 1 atom stereocenters. The number of rotatable bonds is 7. The minimum absolute atomic E-state index is 0.167. The Morgan fingerprint density at radius 3 is 2.88 bits per heavy atom. The molecule has 0 aromatic heterocycles. The highest BCUT2D eigenvalue weighted by Crippen LogP contribution is 2.25. The summed E-state index contributed by atoms with van der Waals surface area (Å²) < 4.78 is 14.1. The van der Waals surface area contributed by atoms with E-state index in [9.17, 15) is 4.39 Å². The van der Waals surface area contributed by atoms with Crippen LogP contribution in [0.4, 0.5) is 4.39 Å². The number of unbranched alkanes of at least 4 members (excludes halogenated alkanes) is 1. The molecule has 0 amide bonds. The van der Waals surface area contributed by atoms with Crippen LogP contribution in [-0.2, 0) is 0 Å². The summed E-state index contributed by atoms with van der Waals surface area (Å²) in [5.74, 6) is -0.167. The highest BCUT2D eigenvalue weighted by atomic mass is 127. The van der Waals surface area contributed by atoms with E-state index in [2.05, 4.69) is 41.4 Å². The van der Waals surface area contributed by atoms with Gasteiger partial charge in [0, 0.05) is 9.61 Å². The van der Waals surface area contributed by atoms with Crippen molar-refractivity contribution in [2.75, 3.05) is 6.54 Å². The van der Waals surface area contributed by atoms with Crippen LogP contribution in [0.5, 0.6) is 0 Å². The summed E-state index contributed by atoms with van der Waals surface area (Å²) >= 11 is 2.20. The van der Waals surface area contributed by atoms with Gasteiger partial charge >= 0.3 is 0 Å². The van der Waals surface area contributed by atoms with E-state index >= 15 is 0 Å². The molecule has 1 rings (SSSR count). The monoisotopic (exact) mass is 347 g/mol. The fraction of sp³-hybridized carbons (Fsp3) is 0.429. The standard InChI is InChI=1S/C14H19FIN/c1-3-5-6-7-14(17-4-2)12-9-8-11(15)10-13(12)16/h3,8-10,14,17H,1,4-7H2,2H3. The topological polar surface area (TPSA) is 12.0 Å². The Bertz CT molecular complexity index is 365.